The molecule has 2 aliphatic heterocycles. The average Bonchev–Trinajstić information content (AvgIpc) is 3.62. The monoisotopic (exact) mass is 841 g/mol. The Kier molecular flexibility index (Phi) is 14.0. The van der Waals surface area contributed by atoms with Crippen molar-refractivity contribution >= 4 is 42.0 Å². The zero-order valence-corrected chi connectivity index (χ0v) is 40.6. The summed E-state index contributed by atoms with van der Waals surface area (Å²) in [4.78, 5) is 22.8. The number of nitrogens with zero attached hydrogens (tertiary/aromatic N) is 5. The number of rotatable bonds is 16. The Morgan fingerprint density at radius 1 is 0.877 bits per heavy atom. The van der Waals surface area contributed by atoms with Crippen LogP contribution in [0.2, 0.25) is 69.5 Å². The number of anilines is 1. The van der Waals surface area contributed by atoms with Crippen molar-refractivity contribution in [1.29, 1.82) is 0 Å². The van der Waals surface area contributed by atoms with E-state index in [9.17, 15) is 4.79 Å². The molecule has 3 aromatic rings. The standard InChI is InChI=1S/C43H72FN5O5Si3/c1-42(2,3)54-41(50)48-34-17-18-35(48)24-33(23-34)38-26-39(47(29-51-19-21-55(7,8)9)30-52-20-22-56(10,11)12)49-40(46-38)36(27-45-49)31-15-16-32(37(44)25-31)28-53-57(13,14)43(4,5)6/h15-16,25-27,33-35H,17-24,28-30H2,1-14H3. The fourth-order valence-electron chi connectivity index (χ4n) is 7.22. The summed E-state index contributed by atoms with van der Waals surface area (Å²) in [7, 11) is -4.68. The summed E-state index contributed by atoms with van der Waals surface area (Å²) in [6.07, 6.45) is 5.03. The van der Waals surface area contributed by atoms with Crippen LogP contribution in [0, 0.1) is 5.82 Å². The molecule has 0 spiro atoms. The normalized spacial score (nSPS) is 19.4. The van der Waals surface area contributed by atoms with Gasteiger partial charge in [0.2, 0.25) is 0 Å². The molecule has 10 nitrogen and oxygen atoms in total. The van der Waals surface area contributed by atoms with Crippen molar-refractivity contribution in [2.75, 3.05) is 31.6 Å². The highest BCUT2D eigenvalue weighted by molar-refractivity contribution is 6.76. The molecule has 1 amide bonds. The minimum absolute atomic E-state index is 0.0279. The third-order valence-corrected chi connectivity index (χ3v) is 19.7. The van der Waals surface area contributed by atoms with Gasteiger partial charge in [0.05, 0.1) is 12.8 Å². The second kappa shape index (κ2) is 17.5. The van der Waals surface area contributed by atoms with Crippen LogP contribution in [-0.2, 0) is 25.2 Å². The van der Waals surface area contributed by atoms with Crippen molar-refractivity contribution < 1.29 is 27.8 Å². The van der Waals surface area contributed by atoms with Crippen LogP contribution in [0.5, 0.6) is 0 Å². The smallest absolute Gasteiger partial charge is 0.410 e. The highest BCUT2D eigenvalue weighted by atomic mass is 28.4. The number of carbonyl (C=O) groups excluding carboxylic acids is 1. The summed E-state index contributed by atoms with van der Waals surface area (Å²) in [5.41, 5.74) is 3.04. The van der Waals surface area contributed by atoms with Gasteiger partial charge in [0.25, 0.3) is 0 Å². The Bertz CT molecular complexity index is 1810. The largest absolute Gasteiger partial charge is 0.444 e. The minimum Gasteiger partial charge on any atom is -0.444 e. The van der Waals surface area contributed by atoms with Crippen LogP contribution < -0.4 is 4.90 Å². The number of piperidine rings is 1. The van der Waals surface area contributed by atoms with Crippen molar-refractivity contribution in [1.82, 2.24) is 19.5 Å². The maximum Gasteiger partial charge on any atom is 0.410 e. The van der Waals surface area contributed by atoms with Crippen LogP contribution in [0.1, 0.15) is 84.4 Å². The van der Waals surface area contributed by atoms with Gasteiger partial charge >= 0.3 is 6.09 Å². The quantitative estimate of drug-likeness (QED) is 0.0800. The predicted octanol–water partition coefficient (Wildman–Crippen LogP) is 11.1. The summed E-state index contributed by atoms with van der Waals surface area (Å²) >= 11 is 0. The van der Waals surface area contributed by atoms with Crippen LogP contribution in [-0.4, -0.2) is 94.4 Å². The SMILES string of the molecule is CC(C)(C)OC(=O)N1C2CCC1CC(c1cc(N(COCC[Si](C)(C)C)COCC[Si](C)(C)C)n3ncc(-c4ccc(CO[Si](C)(C)C(C)(C)C)c(F)c4)c3n1)C2. The van der Waals surface area contributed by atoms with E-state index in [0.29, 0.717) is 43.4 Å². The van der Waals surface area contributed by atoms with E-state index in [1.54, 1.807) is 12.3 Å². The van der Waals surface area contributed by atoms with Gasteiger partial charge in [-0.15, -0.1) is 0 Å². The maximum absolute atomic E-state index is 15.9. The molecule has 2 saturated heterocycles. The first-order valence-corrected chi connectivity index (χ1v) is 31.4. The van der Waals surface area contributed by atoms with Crippen molar-refractivity contribution in [3.8, 4) is 11.1 Å². The fraction of sp³-hybridized carbons (Fsp3) is 0.698. The van der Waals surface area contributed by atoms with Gasteiger partial charge in [-0.25, -0.2) is 14.2 Å². The lowest BCUT2D eigenvalue weighted by Crippen LogP contribution is -2.48. The molecule has 0 N–H and O–H groups in total. The van der Waals surface area contributed by atoms with Crippen LogP contribution in [0.15, 0.2) is 30.5 Å². The second-order valence-corrected chi connectivity index (χ2v) is 37.4. The number of amides is 1. The van der Waals surface area contributed by atoms with Crippen LogP contribution in [0.4, 0.5) is 15.0 Å². The molecular formula is C43H72FN5O5Si3. The van der Waals surface area contributed by atoms with Gasteiger partial charge in [0.15, 0.2) is 14.0 Å². The molecule has 2 fully saturated rings. The Morgan fingerprint density at radius 2 is 1.46 bits per heavy atom. The molecule has 57 heavy (non-hydrogen) atoms. The topological polar surface area (TPSA) is 90.7 Å². The van der Waals surface area contributed by atoms with Gasteiger partial charge in [0, 0.05) is 70.3 Å². The molecule has 1 aromatic carbocycles. The molecule has 2 atom stereocenters. The van der Waals surface area contributed by atoms with Gasteiger partial charge in [-0.2, -0.15) is 9.61 Å². The fourth-order valence-corrected chi connectivity index (χ4v) is 9.68. The van der Waals surface area contributed by atoms with Crippen molar-refractivity contribution in [2.45, 2.75) is 167 Å². The molecule has 5 rings (SSSR count). The van der Waals surface area contributed by atoms with Crippen molar-refractivity contribution in [3.63, 3.8) is 0 Å². The van der Waals surface area contributed by atoms with Gasteiger partial charge in [-0.1, -0.05) is 72.2 Å². The van der Waals surface area contributed by atoms with E-state index in [0.717, 1.165) is 54.8 Å². The number of halogens is 1. The second-order valence-electron chi connectivity index (χ2n) is 21.4. The lowest BCUT2D eigenvalue weighted by atomic mass is 9.88. The number of hydrogen-bond acceptors (Lipinski definition) is 8. The third kappa shape index (κ3) is 12.0. The number of ether oxygens (including phenoxy) is 3. The Labute approximate surface area is 345 Å². The summed E-state index contributed by atoms with van der Waals surface area (Å²) in [5, 5.41) is 4.93. The van der Waals surface area contributed by atoms with Gasteiger partial charge in [0.1, 0.15) is 30.7 Å². The predicted molar refractivity (Wildman–Crippen MR) is 238 cm³/mol. The molecule has 2 aromatic heterocycles. The van der Waals surface area contributed by atoms with Crippen LogP contribution in [0.25, 0.3) is 16.8 Å². The van der Waals surface area contributed by atoms with E-state index >= 15 is 4.39 Å². The van der Waals surface area contributed by atoms with E-state index in [2.05, 4.69) is 84.1 Å². The van der Waals surface area contributed by atoms with E-state index in [-0.39, 0.29) is 41.6 Å². The van der Waals surface area contributed by atoms with Gasteiger partial charge in [-0.05, 0) is 88.3 Å². The number of benzene rings is 1. The first-order chi connectivity index (χ1) is 26.3. The average molecular weight is 842 g/mol. The molecule has 2 unspecified atom stereocenters. The molecule has 4 heterocycles. The van der Waals surface area contributed by atoms with Gasteiger partial charge < -0.3 is 28.4 Å². The Balaban J connectivity index is 1.53. The van der Waals surface area contributed by atoms with Crippen LogP contribution in [0.3, 0.4) is 0 Å². The van der Waals surface area contributed by atoms with E-state index in [4.69, 9.17) is 28.7 Å². The molecule has 2 aliphatic rings. The van der Waals surface area contributed by atoms with E-state index < -0.39 is 30.1 Å². The molecule has 0 radical (unpaired) electrons. The number of hydrogen-bond donors (Lipinski definition) is 0. The summed E-state index contributed by atoms with van der Waals surface area (Å²) in [5.74, 6) is 0.632. The number of aromatic nitrogens is 3. The first kappa shape index (κ1) is 45.5. The molecule has 318 valence electrons. The molecule has 2 bridgehead atoms. The minimum atomic E-state index is -2.06. The zero-order chi connectivity index (χ0) is 42.1. The number of carbonyl (C=O) groups is 1. The highest BCUT2D eigenvalue weighted by Gasteiger charge is 2.46. The maximum atomic E-state index is 15.9. The summed E-state index contributed by atoms with van der Waals surface area (Å²) in [6.45, 7) is 33.1. The highest BCUT2D eigenvalue weighted by Crippen LogP contribution is 2.44. The first-order valence-electron chi connectivity index (χ1n) is 21.1. The van der Waals surface area contributed by atoms with Crippen molar-refractivity contribution in [2.24, 2.45) is 0 Å². The lowest BCUT2D eigenvalue weighted by Gasteiger charge is -2.39. The summed E-state index contributed by atoms with van der Waals surface area (Å²) in [6, 6.07) is 9.79. The molecule has 0 saturated carbocycles. The van der Waals surface area contributed by atoms with Crippen molar-refractivity contribution in [3.05, 3.63) is 47.5 Å². The lowest BCUT2D eigenvalue weighted by molar-refractivity contribution is 0.00568. The third-order valence-electron chi connectivity index (χ3n) is 11.8. The number of fused-ring (bicyclic) bond motifs is 3. The molecule has 14 heteroatoms. The zero-order valence-electron chi connectivity index (χ0n) is 37.6. The van der Waals surface area contributed by atoms with E-state index in [1.165, 1.54) is 0 Å². The Morgan fingerprint density at radius 3 is 1.96 bits per heavy atom. The van der Waals surface area contributed by atoms with E-state index in [1.807, 2.05) is 42.3 Å². The van der Waals surface area contributed by atoms with Gasteiger partial charge in [-0.3, -0.25) is 0 Å². The molecule has 0 aliphatic carbocycles. The van der Waals surface area contributed by atoms with Crippen LogP contribution >= 0.6 is 0 Å². The Hall–Kier alpha value is -2.63. The molecular weight excluding hydrogens is 770 g/mol. The summed E-state index contributed by atoms with van der Waals surface area (Å²) < 4.78 is 42.8.